The van der Waals surface area contributed by atoms with Gasteiger partial charge in [0.1, 0.15) is 6.54 Å². The minimum atomic E-state index is -0.180. The molecular formula is C23H21N5O2. The summed E-state index contributed by atoms with van der Waals surface area (Å²) in [7, 11) is 0. The molecule has 4 aromatic rings. The van der Waals surface area contributed by atoms with Crippen molar-refractivity contribution in [2.45, 2.75) is 26.7 Å². The number of para-hydroxylation sites is 2. The molecule has 0 atom stereocenters. The van der Waals surface area contributed by atoms with E-state index in [0.717, 1.165) is 39.2 Å². The topological polar surface area (TPSA) is 79.6 Å². The van der Waals surface area contributed by atoms with Gasteiger partial charge in [-0.05, 0) is 50.1 Å². The quantitative estimate of drug-likeness (QED) is 0.573. The molecule has 1 aliphatic heterocycles. The van der Waals surface area contributed by atoms with Gasteiger partial charge in [-0.1, -0.05) is 24.3 Å². The molecule has 2 aromatic heterocycles. The number of hydrogen-bond donors (Lipinski definition) is 1. The Morgan fingerprint density at radius 2 is 1.87 bits per heavy atom. The number of aromatic nitrogens is 3. The Labute approximate surface area is 173 Å². The molecule has 0 aliphatic carbocycles. The monoisotopic (exact) mass is 399 g/mol. The van der Waals surface area contributed by atoms with Crippen LogP contribution < -0.4 is 10.2 Å². The Kier molecular flexibility index (Phi) is 4.24. The zero-order valence-electron chi connectivity index (χ0n) is 16.8. The number of nitrogens with zero attached hydrogens (tertiary/aromatic N) is 4. The molecule has 0 fully saturated rings. The molecule has 7 nitrogen and oxygen atoms in total. The van der Waals surface area contributed by atoms with Crippen molar-refractivity contribution in [3.63, 3.8) is 0 Å². The summed E-state index contributed by atoms with van der Waals surface area (Å²) in [5, 5.41) is 8.51. The number of fused-ring (bicyclic) bond motifs is 4. The van der Waals surface area contributed by atoms with E-state index in [4.69, 9.17) is 4.98 Å². The Bertz CT molecular complexity index is 1320. The molecule has 30 heavy (non-hydrogen) atoms. The van der Waals surface area contributed by atoms with Crippen molar-refractivity contribution in [3.8, 4) is 0 Å². The molecule has 0 unspecified atom stereocenters. The second-order valence-electron chi connectivity index (χ2n) is 7.56. The number of nitrogens with one attached hydrogen (secondary N) is 1. The van der Waals surface area contributed by atoms with Gasteiger partial charge in [0.05, 0.1) is 16.9 Å². The van der Waals surface area contributed by atoms with Crippen LogP contribution in [0.1, 0.15) is 23.4 Å². The van der Waals surface area contributed by atoms with E-state index in [-0.39, 0.29) is 24.8 Å². The van der Waals surface area contributed by atoms with E-state index in [1.807, 2.05) is 60.8 Å². The third kappa shape index (κ3) is 2.90. The summed E-state index contributed by atoms with van der Waals surface area (Å²) in [4.78, 5) is 31.4. The van der Waals surface area contributed by atoms with Gasteiger partial charge in [0.25, 0.3) is 0 Å². The lowest BCUT2D eigenvalue weighted by molar-refractivity contribution is -0.121. The molecule has 5 rings (SSSR count). The molecule has 0 radical (unpaired) electrons. The number of hydrogen-bond acceptors (Lipinski definition) is 4. The van der Waals surface area contributed by atoms with Crippen molar-refractivity contribution in [2.24, 2.45) is 0 Å². The number of anilines is 2. The highest BCUT2D eigenvalue weighted by Gasteiger charge is 2.26. The van der Waals surface area contributed by atoms with Crippen LogP contribution in [0.25, 0.3) is 16.6 Å². The number of amides is 2. The van der Waals surface area contributed by atoms with Crippen LogP contribution in [-0.4, -0.2) is 33.0 Å². The van der Waals surface area contributed by atoms with Crippen LogP contribution in [0.3, 0.4) is 0 Å². The van der Waals surface area contributed by atoms with Crippen LogP contribution in [0.2, 0.25) is 0 Å². The second kappa shape index (κ2) is 6.95. The second-order valence-corrected chi connectivity index (χ2v) is 7.56. The smallest absolute Gasteiger partial charge is 0.244 e. The fourth-order valence-electron chi connectivity index (χ4n) is 4.16. The molecule has 7 heteroatoms. The highest BCUT2D eigenvalue weighted by atomic mass is 16.2. The highest BCUT2D eigenvalue weighted by Crippen LogP contribution is 2.30. The number of carbonyl (C=O) groups is 2. The van der Waals surface area contributed by atoms with Gasteiger partial charge in [0.15, 0.2) is 5.65 Å². The van der Waals surface area contributed by atoms with Crippen LogP contribution in [0.4, 0.5) is 11.4 Å². The zero-order chi connectivity index (χ0) is 20.8. The Morgan fingerprint density at radius 3 is 2.73 bits per heavy atom. The number of carbonyl (C=O) groups excluding carboxylic acids is 2. The fraction of sp³-hybridized carbons (Fsp3) is 0.217. The lowest BCUT2D eigenvalue weighted by Gasteiger charge is -2.29. The molecular weight excluding hydrogens is 378 g/mol. The summed E-state index contributed by atoms with van der Waals surface area (Å²) in [6.45, 7) is 4.02. The van der Waals surface area contributed by atoms with Crippen molar-refractivity contribution >= 4 is 39.7 Å². The van der Waals surface area contributed by atoms with Crippen LogP contribution in [-0.2, 0) is 16.0 Å². The molecule has 0 bridgehead atoms. The van der Waals surface area contributed by atoms with Crippen molar-refractivity contribution < 1.29 is 9.59 Å². The molecule has 150 valence electrons. The molecule has 2 amide bonds. The third-order valence-corrected chi connectivity index (χ3v) is 5.68. The molecule has 0 spiro atoms. The average molecular weight is 399 g/mol. The number of rotatable bonds is 3. The molecule has 0 saturated heterocycles. The maximum Gasteiger partial charge on any atom is 0.244 e. The highest BCUT2D eigenvalue weighted by molar-refractivity contribution is 6.09. The minimum absolute atomic E-state index is 0.0373. The molecule has 0 saturated carbocycles. The van der Waals surface area contributed by atoms with Crippen molar-refractivity contribution in [2.75, 3.05) is 16.8 Å². The number of aryl methyl sites for hydroxylation is 2. The molecule has 1 N–H and O–H groups in total. The average Bonchev–Trinajstić information content (AvgIpc) is 3.11. The summed E-state index contributed by atoms with van der Waals surface area (Å²) in [6.07, 6.45) is 0.827. The predicted molar refractivity (Wildman–Crippen MR) is 116 cm³/mol. The minimum Gasteiger partial charge on any atom is -0.323 e. The Balaban J connectivity index is 1.45. The molecule has 2 aromatic carbocycles. The van der Waals surface area contributed by atoms with E-state index in [0.29, 0.717) is 12.1 Å². The van der Waals surface area contributed by atoms with Crippen molar-refractivity contribution in [3.05, 3.63) is 65.5 Å². The summed E-state index contributed by atoms with van der Waals surface area (Å²) >= 11 is 0. The Morgan fingerprint density at radius 1 is 1.10 bits per heavy atom. The van der Waals surface area contributed by atoms with Gasteiger partial charge in [-0.25, -0.2) is 9.50 Å². The van der Waals surface area contributed by atoms with Crippen LogP contribution in [0.5, 0.6) is 0 Å². The Hall–Kier alpha value is -3.74. The van der Waals surface area contributed by atoms with Crippen molar-refractivity contribution in [1.29, 1.82) is 0 Å². The van der Waals surface area contributed by atoms with Gasteiger partial charge in [-0.15, -0.1) is 0 Å². The van der Waals surface area contributed by atoms with E-state index in [2.05, 4.69) is 10.4 Å². The van der Waals surface area contributed by atoms with Gasteiger partial charge < -0.3 is 10.2 Å². The number of benzene rings is 2. The normalized spacial score (nSPS) is 13.5. The summed E-state index contributed by atoms with van der Waals surface area (Å²) in [5.41, 5.74) is 6.03. The van der Waals surface area contributed by atoms with E-state index >= 15 is 0 Å². The van der Waals surface area contributed by atoms with Crippen LogP contribution in [0.15, 0.2) is 48.5 Å². The molecule has 3 heterocycles. The van der Waals surface area contributed by atoms with E-state index in [9.17, 15) is 9.59 Å². The van der Waals surface area contributed by atoms with Crippen molar-refractivity contribution in [1.82, 2.24) is 14.6 Å². The van der Waals surface area contributed by atoms with Gasteiger partial charge in [0, 0.05) is 23.2 Å². The first-order chi connectivity index (χ1) is 14.5. The van der Waals surface area contributed by atoms with E-state index in [1.54, 1.807) is 11.0 Å². The largest absolute Gasteiger partial charge is 0.323 e. The third-order valence-electron chi connectivity index (χ3n) is 5.68. The SMILES string of the molecule is Cc1nc2c3ccccc3nn2c(C)c1CCC(=O)N1CC(=O)Nc2ccccc21. The van der Waals surface area contributed by atoms with Crippen LogP contribution >= 0.6 is 0 Å². The lowest BCUT2D eigenvalue weighted by Crippen LogP contribution is -2.42. The van der Waals surface area contributed by atoms with Gasteiger partial charge >= 0.3 is 0 Å². The lowest BCUT2D eigenvalue weighted by atomic mass is 10.1. The van der Waals surface area contributed by atoms with Gasteiger partial charge in [0.2, 0.25) is 11.8 Å². The molecule has 1 aliphatic rings. The van der Waals surface area contributed by atoms with Gasteiger partial charge in [-0.2, -0.15) is 5.10 Å². The van der Waals surface area contributed by atoms with E-state index in [1.165, 1.54) is 0 Å². The van der Waals surface area contributed by atoms with Crippen LogP contribution in [0, 0.1) is 13.8 Å². The maximum absolute atomic E-state index is 13.0. The van der Waals surface area contributed by atoms with E-state index < -0.39 is 0 Å². The first kappa shape index (κ1) is 18.3. The standard InChI is InChI=1S/C23H21N5O2/c1-14-16(15(2)28-23(24-14)17-7-3-4-8-18(17)26-28)11-12-22(30)27-13-21(29)25-19-9-5-6-10-20(19)27/h3-10H,11-13H2,1-2H3,(H,25,29). The summed E-state index contributed by atoms with van der Waals surface area (Å²) < 4.78 is 1.86. The fourth-order valence-corrected chi connectivity index (χ4v) is 4.16. The summed E-state index contributed by atoms with van der Waals surface area (Å²) in [5.74, 6) is -0.262. The van der Waals surface area contributed by atoms with Gasteiger partial charge in [-0.3, -0.25) is 9.59 Å². The first-order valence-corrected chi connectivity index (χ1v) is 9.96. The summed E-state index contributed by atoms with van der Waals surface area (Å²) in [6, 6.07) is 15.3. The predicted octanol–water partition coefficient (Wildman–Crippen LogP) is 3.42. The zero-order valence-corrected chi connectivity index (χ0v) is 16.8. The maximum atomic E-state index is 13.0. The first-order valence-electron chi connectivity index (χ1n) is 9.96.